The number of pyridine rings is 1. The summed E-state index contributed by atoms with van der Waals surface area (Å²) in [6.45, 7) is 0.386. The zero-order valence-corrected chi connectivity index (χ0v) is 14.7. The first kappa shape index (κ1) is 15.7. The Morgan fingerprint density at radius 2 is 1.88 bits per heavy atom. The predicted octanol–water partition coefficient (Wildman–Crippen LogP) is 4.29. The zero-order chi connectivity index (χ0) is 16.9. The lowest BCUT2D eigenvalue weighted by Crippen LogP contribution is -2.29. The van der Waals surface area contributed by atoms with Crippen LogP contribution in [0.5, 0.6) is 0 Å². The van der Waals surface area contributed by atoms with Gasteiger partial charge in [0.1, 0.15) is 0 Å². The molecule has 0 saturated carbocycles. The van der Waals surface area contributed by atoms with Gasteiger partial charge in [-0.15, -0.1) is 0 Å². The Bertz CT molecular complexity index is 1070. The molecule has 0 fully saturated rings. The summed E-state index contributed by atoms with van der Waals surface area (Å²) in [6, 6.07) is 10.2. The predicted molar refractivity (Wildman–Crippen MR) is 96.4 cm³/mol. The molecule has 0 aliphatic carbocycles. The maximum atomic E-state index is 13.3. The van der Waals surface area contributed by atoms with Crippen LogP contribution in [0, 0.1) is 0 Å². The molecular weight excluding hydrogens is 367 g/mol. The summed E-state index contributed by atoms with van der Waals surface area (Å²) < 4.78 is 28.0. The average Bonchev–Trinajstić information content (AvgIpc) is 2.97. The highest BCUT2D eigenvalue weighted by Gasteiger charge is 2.32. The Morgan fingerprint density at radius 1 is 1.04 bits per heavy atom. The van der Waals surface area contributed by atoms with E-state index in [4.69, 9.17) is 23.2 Å². The van der Waals surface area contributed by atoms with Crippen LogP contribution < -0.4 is 4.31 Å². The van der Waals surface area contributed by atoms with Gasteiger partial charge in [0.15, 0.2) is 0 Å². The summed E-state index contributed by atoms with van der Waals surface area (Å²) in [4.78, 5) is 4.22. The van der Waals surface area contributed by atoms with E-state index in [2.05, 4.69) is 4.98 Å². The lowest BCUT2D eigenvalue weighted by Gasteiger charge is -2.21. The van der Waals surface area contributed by atoms with Crippen LogP contribution in [0.15, 0.2) is 53.7 Å². The minimum atomic E-state index is -3.76. The first-order chi connectivity index (χ1) is 11.5. The third-order valence-corrected chi connectivity index (χ3v) is 6.45. The molecule has 1 aliphatic heterocycles. The fourth-order valence-electron chi connectivity index (χ4n) is 3.04. The van der Waals surface area contributed by atoms with E-state index in [0.717, 1.165) is 5.56 Å². The highest BCUT2D eigenvalue weighted by atomic mass is 35.5. The highest BCUT2D eigenvalue weighted by Crippen LogP contribution is 2.37. The Balaban J connectivity index is 1.94. The fourth-order valence-corrected chi connectivity index (χ4v) is 5.24. The van der Waals surface area contributed by atoms with Crippen molar-refractivity contribution >= 4 is 49.7 Å². The molecule has 2 aromatic carbocycles. The number of fused-ring (bicyclic) bond motifs is 2. The molecule has 1 aliphatic rings. The van der Waals surface area contributed by atoms with E-state index in [1.165, 1.54) is 10.4 Å². The molecule has 0 amide bonds. The SMILES string of the molecule is O=S(=O)(c1cc(Cl)cc2cnccc12)N1CCc2ccc(Cl)cc21. The van der Waals surface area contributed by atoms with Crippen LogP contribution in [0.25, 0.3) is 10.8 Å². The van der Waals surface area contributed by atoms with Gasteiger partial charge in [0.25, 0.3) is 10.0 Å². The van der Waals surface area contributed by atoms with Crippen LogP contribution in [-0.4, -0.2) is 19.9 Å². The number of rotatable bonds is 2. The summed E-state index contributed by atoms with van der Waals surface area (Å²) in [7, 11) is -3.76. The van der Waals surface area contributed by atoms with Crippen LogP contribution >= 0.6 is 23.2 Å². The van der Waals surface area contributed by atoms with Gasteiger partial charge in [0.05, 0.1) is 10.6 Å². The molecule has 0 spiro atoms. The van der Waals surface area contributed by atoms with Crippen molar-refractivity contribution in [2.45, 2.75) is 11.3 Å². The maximum Gasteiger partial charge on any atom is 0.265 e. The second kappa shape index (κ2) is 5.62. The second-order valence-electron chi connectivity index (χ2n) is 5.60. The van der Waals surface area contributed by atoms with Crippen LogP contribution in [0.1, 0.15) is 5.56 Å². The molecular formula is C17H12Cl2N2O2S. The van der Waals surface area contributed by atoms with Crippen molar-refractivity contribution in [1.29, 1.82) is 0 Å². The lowest BCUT2D eigenvalue weighted by atomic mass is 10.2. The molecule has 24 heavy (non-hydrogen) atoms. The number of nitrogens with zero attached hydrogens (tertiary/aromatic N) is 2. The molecule has 2 heterocycles. The third-order valence-electron chi connectivity index (χ3n) is 4.15. The zero-order valence-electron chi connectivity index (χ0n) is 12.4. The molecule has 0 radical (unpaired) electrons. The molecule has 4 rings (SSSR count). The molecule has 122 valence electrons. The summed E-state index contributed by atoms with van der Waals surface area (Å²) in [5.74, 6) is 0. The van der Waals surface area contributed by atoms with Gasteiger partial charge in [-0.1, -0.05) is 29.3 Å². The number of anilines is 1. The van der Waals surface area contributed by atoms with Crippen LogP contribution in [0.4, 0.5) is 5.69 Å². The number of aromatic nitrogens is 1. The summed E-state index contributed by atoms with van der Waals surface area (Å²) in [5.41, 5.74) is 1.60. The Morgan fingerprint density at radius 3 is 2.71 bits per heavy atom. The van der Waals surface area contributed by atoms with E-state index in [-0.39, 0.29) is 4.90 Å². The standard InChI is InChI=1S/C17H12Cl2N2O2S/c18-13-2-1-11-4-6-21(16(11)8-13)24(22,23)17-9-14(19)7-12-10-20-5-3-15(12)17/h1-3,5,7-10H,4,6H2. The van der Waals surface area contributed by atoms with Crippen molar-refractivity contribution < 1.29 is 8.42 Å². The minimum Gasteiger partial charge on any atom is -0.266 e. The first-order valence-electron chi connectivity index (χ1n) is 7.31. The van der Waals surface area contributed by atoms with Crippen molar-refractivity contribution in [3.8, 4) is 0 Å². The quantitative estimate of drug-likeness (QED) is 0.667. The van der Waals surface area contributed by atoms with E-state index >= 15 is 0 Å². The van der Waals surface area contributed by atoms with Crippen molar-refractivity contribution in [3.63, 3.8) is 0 Å². The number of sulfonamides is 1. The van der Waals surface area contributed by atoms with Crippen LogP contribution in [0.3, 0.4) is 0 Å². The van der Waals surface area contributed by atoms with E-state index in [0.29, 0.717) is 39.5 Å². The minimum absolute atomic E-state index is 0.181. The van der Waals surface area contributed by atoms with Gasteiger partial charge >= 0.3 is 0 Å². The molecule has 7 heteroatoms. The summed E-state index contributed by atoms with van der Waals surface area (Å²) >= 11 is 12.2. The van der Waals surface area contributed by atoms with Crippen molar-refractivity contribution in [1.82, 2.24) is 4.98 Å². The Labute approximate surface area is 149 Å². The second-order valence-corrected chi connectivity index (χ2v) is 8.30. The monoisotopic (exact) mass is 378 g/mol. The van der Waals surface area contributed by atoms with Gasteiger partial charge in [-0.05, 0) is 42.3 Å². The average molecular weight is 379 g/mol. The topological polar surface area (TPSA) is 50.3 Å². The van der Waals surface area contributed by atoms with Crippen LogP contribution in [-0.2, 0) is 16.4 Å². The third kappa shape index (κ3) is 2.44. The normalized spacial score (nSPS) is 14.2. The number of hydrogen-bond acceptors (Lipinski definition) is 3. The first-order valence-corrected chi connectivity index (χ1v) is 9.51. The van der Waals surface area contributed by atoms with E-state index in [1.807, 2.05) is 6.07 Å². The van der Waals surface area contributed by atoms with Crippen LogP contribution in [0.2, 0.25) is 10.0 Å². The number of hydrogen-bond donors (Lipinski definition) is 0. The lowest BCUT2D eigenvalue weighted by molar-refractivity contribution is 0.593. The molecule has 0 bridgehead atoms. The Hall–Kier alpha value is -1.82. The van der Waals surface area contributed by atoms with Gasteiger partial charge in [-0.2, -0.15) is 0 Å². The van der Waals surface area contributed by atoms with Gasteiger partial charge in [-0.25, -0.2) is 8.42 Å². The van der Waals surface area contributed by atoms with Crippen molar-refractivity contribution in [3.05, 3.63) is 64.4 Å². The molecule has 3 aromatic rings. The van der Waals surface area contributed by atoms with E-state index < -0.39 is 10.0 Å². The molecule has 0 atom stereocenters. The molecule has 0 saturated heterocycles. The smallest absolute Gasteiger partial charge is 0.265 e. The van der Waals surface area contributed by atoms with Crippen molar-refractivity contribution in [2.24, 2.45) is 0 Å². The number of benzene rings is 2. The molecule has 4 nitrogen and oxygen atoms in total. The van der Waals surface area contributed by atoms with Gasteiger partial charge in [0.2, 0.25) is 0 Å². The molecule has 1 aromatic heterocycles. The van der Waals surface area contributed by atoms with Gasteiger partial charge in [0, 0.05) is 39.8 Å². The summed E-state index contributed by atoms with van der Waals surface area (Å²) in [5, 5.41) is 2.16. The largest absolute Gasteiger partial charge is 0.266 e. The maximum absolute atomic E-state index is 13.3. The molecule has 0 N–H and O–H groups in total. The van der Waals surface area contributed by atoms with E-state index in [1.54, 1.807) is 36.7 Å². The van der Waals surface area contributed by atoms with Crippen molar-refractivity contribution in [2.75, 3.05) is 10.8 Å². The number of halogens is 2. The van der Waals surface area contributed by atoms with Gasteiger partial charge in [-0.3, -0.25) is 9.29 Å². The highest BCUT2D eigenvalue weighted by molar-refractivity contribution is 7.93. The van der Waals surface area contributed by atoms with Gasteiger partial charge < -0.3 is 0 Å². The summed E-state index contributed by atoms with van der Waals surface area (Å²) in [6.07, 6.45) is 3.84. The Kier molecular flexibility index (Phi) is 3.67. The fraction of sp³-hybridized carbons (Fsp3) is 0.118. The van der Waals surface area contributed by atoms with E-state index in [9.17, 15) is 8.42 Å². The molecule has 0 unspecified atom stereocenters.